The Morgan fingerprint density at radius 3 is 2.74 bits per heavy atom. The summed E-state index contributed by atoms with van der Waals surface area (Å²) in [5.41, 5.74) is 1.92. The van der Waals surface area contributed by atoms with Gasteiger partial charge in [-0.2, -0.15) is 0 Å². The average Bonchev–Trinajstić information content (AvgIpc) is 3.18. The van der Waals surface area contributed by atoms with E-state index < -0.39 is 0 Å². The Morgan fingerprint density at radius 1 is 1.11 bits per heavy atom. The highest BCUT2D eigenvalue weighted by Crippen LogP contribution is 2.24. The van der Waals surface area contributed by atoms with Crippen molar-refractivity contribution < 1.29 is 9.59 Å². The third-order valence-electron chi connectivity index (χ3n) is 6.06. The number of pyridine rings is 1. The normalized spacial score (nSPS) is 15.0. The van der Waals surface area contributed by atoms with Gasteiger partial charge in [0, 0.05) is 19.2 Å². The number of aromatic nitrogens is 4. The standard InChI is InChI=1S/C26H32N6O2S/c1-2-10-22(20-11-5-3-6-12-20)28-24(33)19-35-26-30-29-23(32(26)21-13-9-15-27-17-21)18-31-16-8-4-7-14-25(31)34/h3,5-6,9,11-13,15,17,22H,2,4,7-8,10,14,16,18-19H2,1H3,(H,28,33). The molecule has 2 aromatic heterocycles. The summed E-state index contributed by atoms with van der Waals surface area (Å²) in [6.07, 6.45) is 8.87. The molecule has 4 rings (SSSR count). The lowest BCUT2D eigenvalue weighted by Crippen LogP contribution is -2.31. The third kappa shape index (κ3) is 6.69. The van der Waals surface area contributed by atoms with Crippen molar-refractivity contribution in [1.29, 1.82) is 0 Å². The maximum Gasteiger partial charge on any atom is 0.230 e. The quantitative estimate of drug-likeness (QED) is 0.424. The summed E-state index contributed by atoms with van der Waals surface area (Å²) in [5, 5.41) is 12.6. The van der Waals surface area contributed by atoms with Crippen LogP contribution < -0.4 is 5.32 Å². The van der Waals surface area contributed by atoms with Crippen molar-refractivity contribution in [3.05, 3.63) is 66.2 Å². The van der Waals surface area contributed by atoms with Crippen molar-refractivity contribution in [3.8, 4) is 5.69 Å². The smallest absolute Gasteiger partial charge is 0.230 e. The fourth-order valence-corrected chi connectivity index (χ4v) is 5.06. The lowest BCUT2D eigenvalue weighted by molar-refractivity contribution is -0.131. The molecule has 1 N–H and O–H groups in total. The van der Waals surface area contributed by atoms with Gasteiger partial charge in [-0.15, -0.1) is 10.2 Å². The lowest BCUT2D eigenvalue weighted by Gasteiger charge is -2.20. The SMILES string of the molecule is CCCC(NC(=O)CSc1nnc(CN2CCCCCC2=O)n1-c1cccnc1)c1ccccc1. The summed E-state index contributed by atoms with van der Waals surface area (Å²) in [7, 11) is 0. The first-order valence-corrected chi connectivity index (χ1v) is 13.2. The molecule has 3 heterocycles. The zero-order valence-electron chi connectivity index (χ0n) is 20.1. The van der Waals surface area contributed by atoms with E-state index >= 15 is 0 Å². The van der Waals surface area contributed by atoms with Crippen molar-refractivity contribution in [2.24, 2.45) is 0 Å². The molecule has 1 atom stereocenters. The molecule has 0 radical (unpaired) electrons. The molecule has 0 spiro atoms. The van der Waals surface area contributed by atoms with Crippen molar-refractivity contribution >= 4 is 23.6 Å². The van der Waals surface area contributed by atoms with Crippen LogP contribution in [0.5, 0.6) is 0 Å². The second-order valence-electron chi connectivity index (χ2n) is 8.68. The van der Waals surface area contributed by atoms with Crippen molar-refractivity contribution in [1.82, 2.24) is 30.0 Å². The van der Waals surface area contributed by atoms with E-state index in [-0.39, 0.29) is 23.6 Å². The highest BCUT2D eigenvalue weighted by Gasteiger charge is 2.23. The molecule has 1 aliphatic heterocycles. The number of nitrogens with one attached hydrogen (secondary N) is 1. The summed E-state index contributed by atoms with van der Waals surface area (Å²) in [6.45, 7) is 3.23. The summed E-state index contributed by atoms with van der Waals surface area (Å²) in [6, 6.07) is 13.8. The first-order chi connectivity index (χ1) is 17.2. The first kappa shape index (κ1) is 24.9. The topological polar surface area (TPSA) is 93.0 Å². The largest absolute Gasteiger partial charge is 0.349 e. The fourth-order valence-electron chi connectivity index (χ4n) is 4.28. The van der Waals surface area contributed by atoms with Crippen LogP contribution in [0.1, 0.15) is 62.9 Å². The van der Waals surface area contributed by atoms with Gasteiger partial charge in [-0.05, 0) is 37.0 Å². The Bertz CT molecular complexity index is 1110. The molecule has 1 aliphatic rings. The van der Waals surface area contributed by atoms with Gasteiger partial charge in [0.1, 0.15) is 0 Å². The van der Waals surface area contributed by atoms with E-state index in [0.29, 0.717) is 23.9 Å². The Kier molecular flexibility index (Phi) is 8.89. The molecule has 1 unspecified atom stereocenters. The highest BCUT2D eigenvalue weighted by atomic mass is 32.2. The molecule has 1 fully saturated rings. The number of likely N-dealkylation sites (tertiary alicyclic amines) is 1. The summed E-state index contributed by atoms with van der Waals surface area (Å²) in [4.78, 5) is 31.5. The molecule has 184 valence electrons. The third-order valence-corrected chi connectivity index (χ3v) is 6.98. The van der Waals surface area contributed by atoms with Crippen LogP contribution in [0.25, 0.3) is 5.69 Å². The average molecular weight is 493 g/mol. The van der Waals surface area contributed by atoms with E-state index in [1.54, 1.807) is 12.4 Å². The van der Waals surface area contributed by atoms with Crippen molar-refractivity contribution in [3.63, 3.8) is 0 Å². The molecule has 1 saturated heterocycles. The monoisotopic (exact) mass is 492 g/mol. The molecule has 3 aromatic rings. The van der Waals surface area contributed by atoms with E-state index in [4.69, 9.17) is 0 Å². The Hall–Kier alpha value is -3.20. The number of nitrogens with zero attached hydrogens (tertiary/aromatic N) is 5. The maximum absolute atomic E-state index is 12.9. The van der Waals surface area contributed by atoms with E-state index in [2.05, 4.69) is 27.4 Å². The first-order valence-electron chi connectivity index (χ1n) is 12.2. The van der Waals surface area contributed by atoms with Gasteiger partial charge in [-0.1, -0.05) is 61.9 Å². The summed E-state index contributed by atoms with van der Waals surface area (Å²) < 4.78 is 1.91. The van der Waals surface area contributed by atoms with Crippen molar-refractivity contribution in [2.75, 3.05) is 12.3 Å². The van der Waals surface area contributed by atoms with E-state index in [1.165, 1.54) is 11.8 Å². The minimum Gasteiger partial charge on any atom is -0.349 e. The number of hydrogen-bond acceptors (Lipinski definition) is 6. The summed E-state index contributed by atoms with van der Waals surface area (Å²) >= 11 is 1.34. The second kappa shape index (κ2) is 12.5. The van der Waals surface area contributed by atoms with Gasteiger partial charge >= 0.3 is 0 Å². The molecule has 0 bridgehead atoms. The number of benzene rings is 1. The summed E-state index contributed by atoms with van der Waals surface area (Å²) in [5.74, 6) is 0.986. The Labute approximate surface area is 210 Å². The number of carbonyl (C=O) groups is 2. The van der Waals surface area contributed by atoms with Gasteiger partial charge in [0.25, 0.3) is 0 Å². The molecule has 0 aliphatic carbocycles. The molecule has 8 nitrogen and oxygen atoms in total. The molecule has 9 heteroatoms. The number of rotatable bonds is 10. The number of carbonyl (C=O) groups excluding carboxylic acids is 2. The van der Waals surface area contributed by atoms with Gasteiger partial charge in [-0.3, -0.25) is 19.1 Å². The van der Waals surface area contributed by atoms with E-state index in [1.807, 2.05) is 51.9 Å². The molecular weight excluding hydrogens is 460 g/mol. The fraction of sp³-hybridized carbons (Fsp3) is 0.423. The number of amides is 2. The maximum atomic E-state index is 12.9. The minimum atomic E-state index is -0.0534. The highest BCUT2D eigenvalue weighted by molar-refractivity contribution is 7.99. The van der Waals surface area contributed by atoms with Crippen LogP contribution in [0.15, 0.2) is 60.0 Å². The Morgan fingerprint density at radius 2 is 1.97 bits per heavy atom. The second-order valence-corrected chi connectivity index (χ2v) is 9.62. The number of hydrogen-bond donors (Lipinski definition) is 1. The van der Waals surface area contributed by atoms with Crippen LogP contribution in [-0.4, -0.2) is 48.8 Å². The van der Waals surface area contributed by atoms with E-state index in [0.717, 1.165) is 49.9 Å². The predicted molar refractivity (Wildman–Crippen MR) is 136 cm³/mol. The van der Waals surface area contributed by atoms with Crippen LogP contribution in [0, 0.1) is 0 Å². The predicted octanol–water partition coefficient (Wildman–Crippen LogP) is 4.31. The van der Waals surface area contributed by atoms with E-state index in [9.17, 15) is 9.59 Å². The van der Waals surface area contributed by atoms with Crippen LogP contribution >= 0.6 is 11.8 Å². The molecule has 2 amide bonds. The van der Waals surface area contributed by atoms with Crippen LogP contribution in [0.3, 0.4) is 0 Å². The molecule has 35 heavy (non-hydrogen) atoms. The minimum absolute atomic E-state index is 0.0184. The molecular formula is C26H32N6O2S. The van der Waals surface area contributed by atoms with Gasteiger partial charge in [0.05, 0.1) is 30.2 Å². The van der Waals surface area contributed by atoms with Gasteiger partial charge in [0.2, 0.25) is 11.8 Å². The van der Waals surface area contributed by atoms with Gasteiger partial charge < -0.3 is 10.2 Å². The van der Waals surface area contributed by atoms with Crippen LogP contribution in [-0.2, 0) is 16.1 Å². The zero-order valence-corrected chi connectivity index (χ0v) is 20.9. The van der Waals surface area contributed by atoms with Crippen molar-refractivity contribution in [2.45, 2.75) is 63.2 Å². The number of thioether (sulfide) groups is 1. The molecule has 0 saturated carbocycles. The Balaban J connectivity index is 1.49. The van der Waals surface area contributed by atoms with Crippen LogP contribution in [0.2, 0.25) is 0 Å². The lowest BCUT2D eigenvalue weighted by atomic mass is 10.0. The molecule has 1 aromatic carbocycles. The van der Waals surface area contributed by atoms with Crippen LogP contribution in [0.4, 0.5) is 0 Å². The van der Waals surface area contributed by atoms with Gasteiger partial charge in [-0.25, -0.2) is 0 Å². The van der Waals surface area contributed by atoms with Gasteiger partial charge in [0.15, 0.2) is 11.0 Å². The zero-order chi connectivity index (χ0) is 24.5.